The third kappa shape index (κ3) is 5.37. The summed E-state index contributed by atoms with van der Waals surface area (Å²) >= 11 is 0. The van der Waals surface area contributed by atoms with Crippen LogP contribution in [0, 0.1) is 23.7 Å². The molecule has 142 valence electrons. The summed E-state index contributed by atoms with van der Waals surface area (Å²) in [6.45, 7) is 2.39. The molecular formula is C22H33F3. The van der Waals surface area contributed by atoms with Gasteiger partial charge in [0, 0.05) is 5.57 Å². The summed E-state index contributed by atoms with van der Waals surface area (Å²) < 4.78 is 38.0. The van der Waals surface area contributed by atoms with Gasteiger partial charge in [0.15, 0.2) is 0 Å². The fraction of sp³-hybridized carbons (Fsp3) is 0.818. The van der Waals surface area contributed by atoms with Gasteiger partial charge in [-0.2, -0.15) is 13.2 Å². The molecule has 3 rings (SSSR count). The maximum atomic E-state index is 12.7. The van der Waals surface area contributed by atoms with E-state index in [0.29, 0.717) is 6.42 Å². The summed E-state index contributed by atoms with van der Waals surface area (Å²) in [4.78, 5) is 0. The molecule has 0 N–H and O–H groups in total. The highest BCUT2D eigenvalue weighted by molar-refractivity contribution is 5.26. The molecule has 0 nitrogen and oxygen atoms in total. The summed E-state index contributed by atoms with van der Waals surface area (Å²) in [6.07, 6.45) is 13.0. The van der Waals surface area contributed by atoms with Gasteiger partial charge in [0.05, 0.1) is 0 Å². The maximum absolute atomic E-state index is 12.7. The summed E-state index contributed by atoms with van der Waals surface area (Å²) in [6, 6.07) is 0. The van der Waals surface area contributed by atoms with Crippen molar-refractivity contribution in [1.29, 1.82) is 0 Å². The van der Waals surface area contributed by atoms with Crippen molar-refractivity contribution in [2.75, 3.05) is 0 Å². The van der Waals surface area contributed by atoms with Gasteiger partial charge in [0.1, 0.15) is 0 Å². The Labute approximate surface area is 151 Å². The average Bonchev–Trinajstić information content (AvgIpc) is 2.61. The minimum absolute atomic E-state index is 0.169. The quantitative estimate of drug-likeness (QED) is 0.487. The predicted octanol–water partition coefficient (Wildman–Crippen LogP) is 7.61. The Balaban J connectivity index is 1.38. The van der Waals surface area contributed by atoms with Gasteiger partial charge < -0.3 is 0 Å². The van der Waals surface area contributed by atoms with Crippen molar-refractivity contribution in [2.24, 2.45) is 23.7 Å². The molecular weight excluding hydrogens is 321 g/mol. The van der Waals surface area contributed by atoms with E-state index in [9.17, 15) is 13.2 Å². The molecule has 0 unspecified atom stereocenters. The molecule has 3 heteroatoms. The van der Waals surface area contributed by atoms with E-state index in [1.54, 1.807) is 6.08 Å². The van der Waals surface area contributed by atoms with E-state index in [4.69, 9.17) is 0 Å². The molecule has 3 aliphatic carbocycles. The third-order valence-electron chi connectivity index (χ3n) is 7.09. The van der Waals surface area contributed by atoms with Gasteiger partial charge in [0.2, 0.25) is 0 Å². The van der Waals surface area contributed by atoms with Crippen LogP contribution in [0.4, 0.5) is 13.2 Å². The molecule has 0 atom stereocenters. The van der Waals surface area contributed by atoms with Gasteiger partial charge in [-0.15, -0.1) is 0 Å². The molecule has 0 bridgehead atoms. The van der Waals surface area contributed by atoms with Gasteiger partial charge in [-0.05, 0) is 75.0 Å². The first-order chi connectivity index (χ1) is 11.9. The zero-order valence-corrected chi connectivity index (χ0v) is 15.6. The largest absolute Gasteiger partial charge is 0.412 e. The number of allylic oxidation sites excluding steroid dienone is 4. The summed E-state index contributed by atoms with van der Waals surface area (Å²) in [5, 5.41) is 0. The van der Waals surface area contributed by atoms with E-state index >= 15 is 0 Å². The van der Waals surface area contributed by atoms with Crippen LogP contribution in [-0.4, -0.2) is 6.18 Å². The Kier molecular flexibility index (Phi) is 6.33. The second kappa shape index (κ2) is 8.31. The second-order valence-electron chi connectivity index (χ2n) is 8.85. The van der Waals surface area contributed by atoms with Crippen molar-refractivity contribution in [3.05, 3.63) is 23.3 Å². The molecule has 0 aromatic carbocycles. The van der Waals surface area contributed by atoms with Crippen LogP contribution in [-0.2, 0) is 0 Å². The number of alkyl halides is 3. The van der Waals surface area contributed by atoms with Crippen LogP contribution in [0.2, 0.25) is 0 Å². The standard InChI is InChI=1S/C22H33F3/c1-16-2-10-19(11-3-16)20-12-6-17(7-13-20)4-5-18-8-14-21(15-9-18)22(23,24)25/h8,14,16-17,19-20H,2-7,9-13,15H2,1H3. The zero-order valence-electron chi connectivity index (χ0n) is 15.6. The minimum Gasteiger partial charge on any atom is -0.166 e. The first kappa shape index (κ1) is 19.0. The first-order valence-corrected chi connectivity index (χ1v) is 10.4. The van der Waals surface area contributed by atoms with Crippen molar-refractivity contribution < 1.29 is 13.2 Å². The van der Waals surface area contributed by atoms with Crippen molar-refractivity contribution >= 4 is 0 Å². The average molecular weight is 355 g/mol. The lowest BCUT2D eigenvalue weighted by Crippen LogP contribution is -2.25. The monoisotopic (exact) mass is 354 g/mol. The SMILES string of the molecule is CC1CCC(C2CCC(CCC3=CC=C(C(F)(F)F)CC3)CC2)CC1. The highest BCUT2D eigenvalue weighted by Crippen LogP contribution is 2.42. The van der Waals surface area contributed by atoms with E-state index in [1.807, 2.05) is 0 Å². The van der Waals surface area contributed by atoms with Crippen LogP contribution in [0.25, 0.3) is 0 Å². The van der Waals surface area contributed by atoms with E-state index in [1.165, 1.54) is 69.4 Å². The van der Waals surface area contributed by atoms with Gasteiger partial charge in [-0.1, -0.05) is 50.3 Å². The predicted molar refractivity (Wildman–Crippen MR) is 97.3 cm³/mol. The van der Waals surface area contributed by atoms with Gasteiger partial charge >= 0.3 is 6.18 Å². The van der Waals surface area contributed by atoms with Crippen molar-refractivity contribution in [3.63, 3.8) is 0 Å². The molecule has 0 amide bonds. The molecule has 0 spiro atoms. The molecule has 0 aromatic heterocycles. The fourth-order valence-electron chi connectivity index (χ4n) is 5.22. The molecule has 0 aromatic rings. The highest BCUT2D eigenvalue weighted by Gasteiger charge is 2.34. The van der Waals surface area contributed by atoms with Gasteiger partial charge in [-0.25, -0.2) is 0 Å². The van der Waals surface area contributed by atoms with Crippen molar-refractivity contribution in [1.82, 2.24) is 0 Å². The van der Waals surface area contributed by atoms with E-state index in [2.05, 4.69) is 6.92 Å². The number of halogens is 3. The number of hydrogen-bond acceptors (Lipinski definition) is 0. The molecule has 0 heterocycles. The molecule has 3 aliphatic rings. The second-order valence-corrected chi connectivity index (χ2v) is 8.85. The summed E-state index contributed by atoms with van der Waals surface area (Å²) in [5.41, 5.74) is 0.856. The first-order valence-electron chi connectivity index (χ1n) is 10.4. The smallest absolute Gasteiger partial charge is 0.166 e. The number of hydrogen-bond donors (Lipinski definition) is 0. The van der Waals surface area contributed by atoms with E-state index in [0.717, 1.165) is 30.1 Å². The van der Waals surface area contributed by atoms with Crippen LogP contribution in [0.5, 0.6) is 0 Å². The molecule has 0 saturated heterocycles. The van der Waals surface area contributed by atoms with Crippen LogP contribution in [0.15, 0.2) is 23.3 Å². The normalized spacial score (nSPS) is 34.4. The zero-order chi connectivity index (χ0) is 17.9. The summed E-state index contributed by atoms with van der Waals surface area (Å²) in [5.74, 6) is 3.66. The Morgan fingerprint density at radius 1 is 0.840 bits per heavy atom. The van der Waals surface area contributed by atoms with E-state index < -0.39 is 6.18 Å². The highest BCUT2D eigenvalue weighted by atomic mass is 19.4. The summed E-state index contributed by atoms with van der Waals surface area (Å²) in [7, 11) is 0. The topological polar surface area (TPSA) is 0 Å². The minimum atomic E-state index is -4.14. The molecule has 0 radical (unpaired) electrons. The van der Waals surface area contributed by atoms with Crippen LogP contribution >= 0.6 is 0 Å². The van der Waals surface area contributed by atoms with Gasteiger partial charge in [-0.3, -0.25) is 0 Å². The van der Waals surface area contributed by atoms with Crippen molar-refractivity contribution in [3.8, 4) is 0 Å². The number of rotatable bonds is 4. The molecule has 2 saturated carbocycles. The Bertz CT molecular complexity index is 484. The maximum Gasteiger partial charge on any atom is 0.412 e. The van der Waals surface area contributed by atoms with Crippen LogP contribution in [0.3, 0.4) is 0 Å². The fourth-order valence-corrected chi connectivity index (χ4v) is 5.22. The van der Waals surface area contributed by atoms with Crippen molar-refractivity contribution in [2.45, 2.75) is 90.1 Å². The van der Waals surface area contributed by atoms with Crippen LogP contribution in [0.1, 0.15) is 84.0 Å². The third-order valence-corrected chi connectivity index (χ3v) is 7.09. The molecule has 25 heavy (non-hydrogen) atoms. The lowest BCUT2D eigenvalue weighted by atomic mass is 9.69. The molecule has 0 aliphatic heterocycles. The van der Waals surface area contributed by atoms with Gasteiger partial charge in [0.25, 0.3) is 0 Å². The molecule has 2 fully saturated rings. The van der Waals surface area contributed by atoms with Crippen LogP contribution < -0.4 is 0 Å². The Hall–Kier alpha value is -0.730. The Morgan fingerprint density at radius 2 is 1.44 bits per heavy atom. The Morgan fingerprint density at radius 3 is 1.96 bits per heavy atom. The lowest BCUT2D eigenvalue weighted by molar-refractivity contribution is -0.0941. The lowest BCUT2D eigenvalue weighted by Gasteiger charge is -2.37. The van der Waals surface area contributed by atoms with E-state index in [-0.39, 0.29) is 12.0 Å².